The third-order valence-electron chi connectivity index (χ3n) is 6.48. The number of hydrogen-bond acceptors (Lipinski definition) is 8. The molecule has 0 fully saturated rings. The van der Waals surface area contributed by atoms with Crippen LogP contribution in [0.3, 0.4) is 0 Å². The predicted molar refractivity (Wildman–Crippen MR) is 141 cm³/mol. The number of rotatable bonds is 5. The Morgan fingerprint density at radius 1 is 1.08 bits per heavy atom. The smallest absolute Gasteiger partial charge is 0.255 e. The summed E-state index contributed by atoms with van der Waals surface area (Å²) in [6, 6.07) is 16.1. The van der Waals surface area contributed by atoms with E-state index < -0.39 is 6.04 Å². The number of carbonyl (C=O) groups is 1. The molecule has 0 radical (unpaired) electrons. The van der Waals surface area contributed by atoms with Crippen LogP contribution >= 0.6 is 0 Å². The summed E-state index contributed by atoms with van der Waals surface area (Å²) in [6.45, 7) is 3.00. The van der Waals surface area contributed by atoms with Crippen molar-refractivity contribution in [1.29, 1.82) is 0 Å². The molecule has 2 aromatic carbocycles. The molecule has 10 nitrogen and oxygen atoms in total. The van der Waals surface area contributed by atoms with Gasteiger partial charge in [-0.1, -0.05) is 18.2 Å². The highest BCUT2D eigenvalue weighted by Crippen LogP contribution is 2.40. The molecular formula is C28H26N6O4. The first kappa shape index (κ1) is 23.5. The fourth-order valence-electron chi connectivity index (χ4n) is 4.66. The van der Waals surface area contributed by atoms with Crippen LogP contribution in [-0.2, 0) is 4.79 Å². The van der Waals surface area contributed by atoms with Crippen molar-refractivity contribution in [2.45, 2.75) is 19.4 Å². The molecule has 2 aliphatic heterocycles. The lowest BCUT2D eigenvalue weighted by atomic mass is 9.94. The summed E-state index contributed by atoms with van der Waals surface area (Å²) in [5.74, 6) is 2.64. The third-order valence-corrected chi connectivity index (χ3v) is 6.48. The lowest BCUT2D eigenvalue weighted by Crippen LogP contribution is -2.31. The second-order valence-corrected chi connectivity index (χ2v) is 8.92. The molecule has 6 rings (SSSR count). The number of hydrogen-bond donors (Lipinski definition) is 2. The highest BCUT2D eigenvalue weighted by atomic mass is 16.5. The molecule has 192 valence electrons. The van der Waals surface area contributed by atoms with Gasteiger partial charge in [0.05, 0.1) is 31.6 Å². The Morgan fingerprint density at radius 3 is 2.68 bits per heavy atom. The number of pyridine rings is 1. The average molecular weight is 511 g/mol. The van der Waals surface area contributed by atoms with E-state index in [2.05, 4.69) is 15.6 Å². The van der Waals surface area contributed by atoms with E-state index in [-0.39, 0.29) is 5.91 Å². The summed E-state index contributed by atoms with van der Waals surface area (Å²) in [6.07, 6.45) is 4.19. The largest absolute Gasteiger partial charge is 0.495 e. The van der Waals surface area contributed by atoms with Gasteiger partial charge in [0.2, 0.25) is 5.95 Å². The van der Waals surface area contributed by atoms with E-state index in [0.29, 0.717) is 59.2 Å². The number of methoxy groups -OCH3 is 1. The maximum absolute atomic E-state index is 13.9. The maximum Gasteiger partial charge on any atom is 0.255 e. The SMILES string of the molecule is COc1ccccc1NC(=O)C1=C(C)Nc2nc(-c3ccncc3)nn2C1c1ccc2c(c1)OCCCO2. The van der Waals surface area contributed by atoms with Crippen molar-refractivity contribution in [3.8, 4) is 28.6 Å². The third kappa shape index (κ3) is 4.30. The molecule has 38 heavy (non-hydrogen) atoms. The Kier molecular flexibility index (Phi) is 6.12. The van der Waals surface area contributed by atoms with Gasteiger partial charge in [-0.2, -0.15) is 4.98 Å². The number of amides is 1. The number of nitrogens with one attached hydrogen (secondary N) is 2. The van der Waals surface area contributed by atoms with Gasteiger partial charge in [-0.15, -0.1) is 5.10 Å². The lowest BCUT2D eigenvalue weighted by molar-refractivity contribution is -0.113. The summed E-state index contributed by atoms with van der Waals surface area (Å²) in [7, 11) is 1.57. The minimum absolute atomic E-state index is 0.289. The number of allylic oxidation sites excluding steroid dienone is 1. The predicted octanol–water partition coefficient (Wildman–Crippen LogP) is 4.44. The van der Waals surface area contributed by atoms with Crippen LogP contribution in [0.15, 0.2) is 78.3 Å². The summed E-state index contributed by atoms with van der Waals surface area (Å²) in [4.78, 5) is 22.7. The minimum atomic E-state index is -0.582. The highest BCUT2D eigenvalue weighted by molar-refractivity contribution is 6.06. The number of carbonyl (C=O) groups excluding carboxylic acids is 1. The topological polar surface area (TPSA) is 112 Å². The molecule has 2 aliphatic rings. The number of nitrogens with zero attached hydrogens (tertiary/aromatic N) is 4. The van der Waals surface area contributed by atoms with Crippen molar-refractivity contribution in [2.24, 2.45) is 0 Å². The molecular weight excluding hydrogens is 484 g/mol. The summed E-state index contributed by atoms with van der Waals surface area (Å²) >= 11 is 0. The van der Waals surface area contributed by atoms with Gasteiger partial charge in [0.15, 0.2) is 17.3 Å². The van der Waals surface area contributed by atoms with Gasteiger partial charge in [0.1, 0.15) is 11.8 Å². The zero-order chi connectivity index (χ0) is 26.1. The maximum atomic E-state index is 13.9. The van der Waals surface area contributed by atoms with E-state index in [0.717, 1.165) is 17.5 Å². The standard InChI is InChI=1S/C28H26N6O4/c1-17-24(27(35)31-20-6-3-4-7-21(20)36-2)25(19-8-9-22-23(16-19)38-15-5-14-37-22)34-28(30-17)32-26(33-34)18-10-12-29-13-11-18/h3-4,6-13,16,25H,5,14-15H2,1-2H3,(H,31,35)(H,30,32,33). The number of para-hydroxylation sites is 2. The first-order chi connectivity index (χ1) is 18.6. The fourth-order valence-corrected chi connectivity index (χ4v) is 4.66. The van der Waals surface area contributed by atoms with Crippen LogP contribution in [0.5, 0.6) is 17.2 Å². The normalized spacial score (nSPS) is 16.2. The van der Waals surface area contributed by atoms with E-state index in [1.165, 1.54) is 0 Å². The van der Waals surface area contributed by atoms with Gasteiger partial charge < -0.3 is 24.8 Å². The first-order valence-electron chi connectivity index (χ1n) is 12.3. The Hall–Kier alpha value is -4.86. The van der Waals surface area contributed by atoms with Gasteiger partial charge in [-0.05, 0) is 48.9 Å². The monoisotopic (exact) mass is 510 g/mol. The van der Waals surface area contributed by atoms with Crippen molar-refractivity contribution in [1.82, 2.24) is 19.7 Å². The number of ether oxygens (including phenoxy) is 3. The zero-order valence-corrected chi connectivity index (χ0v) is 21.0. The number of anilines is 2. The van der Waals surface area contributed by atoms with Gasteiger partial charge >= 0.3 is 0 Å². The number of benzene rings is 2. The van der Waals surface area contributed by atoms with Crippen molar-refractivity contribution in [3.63, 3.8) is 0 Å². The molecule has 0 spiro atoms. The van der Waals surface area contributed by atoms with E-state index in [1.807, 2.05) is 49.4 Å². The number of aromatic nitrogens is 4. The van der Waals surface area contributed by atoms with Crippen LogP contribution in [0.25, 0.3) is 11.4 Å². The Balaban J connectivity index is 1.46. The van der Waals surface area contributed by atoms with Crippen LogP contribution < -0.4 is 24.8 Å². The second kappa shape index (κ2) is 9.89. The molecule has 1 unspecified atom stereocenters. The minimum Gasteiger partial charge on any atom is -0.495 e. The molecule has 0 saturated carbocycles. The van der Waals surface area contributed by atoms with Crippen molar-refractivity contribution in [2.75, 3.05) is 31.0 Å². The quantitative estimate of drug-likeness (QED) is 0.405. The Morgan fingerprint density at radius 2 is 1.87 bits per heavy atom. The molecule has 2 N–H and O–H groups in total. The molecule has 4 heterocycles. The molecule has 2 aromatic heterocycles. The van der Waals surface area contributed by atoms with E-state index in [9.17, 15) is 4.79 Å². The molecule has 4 aromatic rings. The van der Waals surface area contributed by atoms with Crippen molar-refractivity contribution >= 4 is 17.5 Å². The van der Waals surface area contributed by atoms with Crippen LogP contribution in [0.2, 0.25) is 0 Å². The van der Waals surface area contributed by atoms with Gasteiger partial charge in [-0.25, -0.2) is 4.68 Å². The van der Waals surface area contributed by atoms with Gasteiger partial charge in [-0.3, -0.25) is 9.78 Å². The second-order valence-electron chi connectivity index (χ2n) is 8.92. The highest BCUT2D eigenvalue weighted by Gasteiger charge is 2.35. The summed E-state index contributed by atoms with van der Waals surface area (Å²) < 4.78 is 19.0. The van der Waals surface area contributed by atoms with Crippen molar-refractivity contribution < 1.29 is 19.0 Å². The van der Waals surface area contributed by atoms with E-state index >= 15 is 0 Å². The summed E-state index contributed by atoms with van der Waals surface area (Å²) in [5, 5.41) is 11.1. The van der Waals surface area contributed by atoms with Crippen LogP contribution in [0.1, 0.15) is 24.9 Å². The fraction of sp³-hybridized carbons (Fsp3) is 0.214. The van der Waals surface area contributed by atoms with Gasteiger partial charge in [0, 0.05) is 30.1 Å². The van der Waals surface area contributed by atoms with Crippen LogP contribution in [0, 0.1) is 0 Å². The molecule has 1 amide bonds. The zero-order valence-electron chi connectivity index (χ0n) is 21.0. The molecule has 0 saturated heterocycles. The molecule has 10 heteroatoms. The van der Waals surface area contributed by atoms with E-state index in [4.69, 9.17) is 24.3 Å². The molecule has 0 bridgehead atoms. The molecule has 0 aliphatic carbocycles. The summed E-state index contributed by atoms with van der Waals surface area (Å²) in [5.41, 5.74) is 3.35. The van der Waals surface area contributed by atoms with Crippen LogP contribution in [0.4, 0.5) is 11.6 Å². The first-order valence-corrected chi connectivity index (χ1v) is 12.3. The Bertz CT molecular complexity index is 1530. The van der Waals surface area contributed by atoms with Crippen LogP contribution in [-0.4, -0.2) is 46.0 Å². The lowest BCUT2D eigenvalue weighted by Gasteiger charge is -2.29. The van der Waals surface area contributed by atoms with Gasteiger partial charge in [0.25, 0.3) is 5.91 Å². The average Bonchev–Trinajstić information content (AvgIpc) is 3.22. The van der Waals surface area contributed by atoms with Crippen molar-refractivity contribution in [3.05, 3.63) is 83.8 Å². The number of fused-ring (bicyclic) bond motifs is 2. The molecule has 1 atom stereocenters. The Labute approximate surface area is 219 Å². The van der Waals surface area contributed by atoms with E-state index in [1.54, 1.807) is 36.3 Å².